The van der Waals surface area contributed by atoms with E-state index in [2.05, 4.69) is 4.98 Å². The molecule has 0 radical (unpaired) electrons. The Morgan fingerprint density at radius 2 is 1.53 bits per heavy atom. The third-order valence-electron chi connectivity index (χ3n) is 8.68. The molecule has 49 heavy (non-hydrogen) atoms. The van der Waals surface area contributed by atoms with Gasteiger partial charge in [-0.05, 0) is 64.5 Å². The van der Waals surface area contributed by atoms with Crippen molar-refractivity contribution in [2.45, 2.75) is 76.7 Å². The second-order valence-electron chi connectivity index (χ2n) is 12.1. The van der Waals surface area contributed by atoms with Crippen LogP contribution in [0.4, 0.5) is 0 Å². The number of carbonyl (C=O) groups excluding carboxylic acids is 1. The number of benzene rings is 2. The van der Waals surface area contributed by atoms with E-state index in [0.29, 0.717) is 28.8 Å². The molecule has 0 fully saturated rings. The third kappa shape index (κ3) is 9.61. The van der Waals surface area contributed by atoms with Crippen molar-refractivity contribution in [3.63, 3.8) is 0 Å². The smallest absolute Gasteiger partial charge is 0.338 e. The molecule has 0 amide bonds. The Balaban J connectivity index is 2.16. The number of rotatable bonds is 16. The monoisotopic (exact) mass is 691 g/mol. The summed E-state index contributed by atoms with van der Waals surface area (Å²) in [5.41, 5.74) is 3.40. The summed E-state index contributed by atoms with van der Waals surface area (Å²) >= 11 is 0. The molecule has 10 heteroatoms. The van der Waals surface area contributed by atoms with Gasteiger partial charge in [-0.3, -0.25) is 4.79 Å². The average Bonchev–Trinajstić information content (AvgIpc) is 3.09. The predicted molar refractivity (Wildman–Crippen MR) is 193 cm³/mol. The van der Waals surface area contributed by atoms with Crippen LogP contribution in [0.3, 0.4) is 0 Å². The lowest BCUT2D eigenvalue weighted by Gasteiger charge is -2.30. The summed E-state index contributed by atoms with van der Waals surface area (Å²) in [4.78, 5) is 29.7. The molecular weight excluding hydrogens is 642 g/mol. The van der Waals surface area contributed by atoms with E-state index in [0.717, 1.165) is 11.1 Å². The van der Waals surface area contributed by atoms with Crippen molar-refractivity contribution in [1.82, 2.24) is 4.98 Å². The van der Waals surface area contributed by atoms with Gasteiger partial charge in [0.05, 0.1) is 30.8 Å². The average molecular weight is 692 g/mol. The van der Waals surface area contributed by atoms with Crippen molar-refractivity contribution in [2.75, 3.05) is 21.3 Å². The van der Waals surface area contributed by atoms with Crippen LogP contribution < -0.4 is 14.9 Å². The lowest BCUT2D eigenvalue weighted by atomic mass is 9.93. The number of sulfone groups is 1. The fraction of sp³-hybridized carbons (Fsp3) is 0.385. The number of carbonyl (C=O) groups is 1. The third-order valence-corrected chi connectivity index (χ3v) is 11.0. The molecule has 1 heterocycles. The highest BCUT2D eigenvalue weighted by atomic mass is 32.2. The van der Waals surface area contributed by atoms with Gasteiger partial charge in [-0.2, -0.15) is 0 Å². The number of nitrogens with one attached hydrogen (secondary N) is 1. The number of methoxy groups -OCH3 is 3. The van der Waals surface area contributed by atoms with Crippen molar-refractivity contribution >= 4 is 15.8 Å². The molecule has 3 rings (SSSR count). The lowest BCUT2D eigenvalue weighted by molar-refractivity contribution is 0.0310. The summed E-state index contributed by atoms with van der Waals surface area (Å²) < 4.78 is 51.6. The zero-order valence-electron chi connectivity index (χ0n) is 29.9. The molecule has 4 atom stereocenters. The van der Waals surface area contributed by atoms with Crippen LogP contribution in [0.1, 0.15) is 62.7 Å². The van der Waals surface area contributed by atoms with Crippen LogP contribution in [0.5, 0.6) is 11.6 Å². The topological polar surface area (TPSA) is 121 Å². The van der Waals surface area contributed by atoms with Crippen LogP contribution in [0, 0.1) is 12.8 Å². The van der Waals surface area contributed by atoms with Crippen LogP contribution in [0.2, 0.25) is 0 Å². The summed E-state index contributed by atoms with van der Waals surface area (Å²) in [5.74, 6) is -0.530. The molecule has 1 aromatic heterocycles. The molecular formula is C39H49NO8S. The minimum atomic E-state index is -4.08. The second-order valence-corrected chi connectivity index (χ2v) is 14.2. The first kappa shape index (κ1) is 39.0. The largest absolute Gasteiger partial charge is 0.488 e. The first-order valence-corrected chi connectivity index (χ1v) is 17.7. The van der Waals surface area contributed by atoms with Gasteiger partial charge in [0.25, 0.3) is 0 Å². The fourth-order valence-corrected chi connectivity index (χ4v) is 7.92. The highest BCUT2D eigenvalue weighted by Crippen LogP contribution is 2.32. The minimum absolute atomic E-state index is 0.0862. The Bertz CT molecular complexity index is 1830. The first-order chi connectivity index (χ1) is 23.3. The van der Waals surface area contributed by atoms with Crippen LogP contribution >= 0.6 is 0 Å². The number of esters is 1. The van der Waals surface area contributed by atoms with E-state index in [1.165, 1.54) is 14.2 Å². The molecule has 0 saturated carbocycles. The van der Waals surface area contributed by atoms with Crippen molar-refractivity contribution in [2.24, 2.45) is 5.92 Å². The molecule has 9 nitrogen and oxygen atoms in total. The van der Waals surface area contributed by atoms with Gasteiger partial charge in [0.2, 0.25) is 17.1 Å². The van der Waals surface area contributed by atoms with E-state index in [-0.39, 0.29) is 40.4 Å². The number of hydrogen-bond donors (Lipinski definition) is 1. The molecule has 0 aliphatic rings. The maximum absolute atomic E-state index is 14.6. The number of hydrogen-bond acceptors (Lipinski definition) is 8. The molecule has 0 spiro atoms. The number of ether oxygens (including phenoxy) is 4. The molecule has 264 valence electrons. The zero-order valence-corrected chi connectivity index (χ0v) is 30.7. The molecule has 0 saturated heterocycles. The maximum atomic E-state index is 14.6. The Kier molecular flexibility index (Phi) is 14.2. The fourth-order valence-electron chi connectivity index (χ4n) is 5.97. The summed E-state index contributed by atoms with van der Waals surface area (Å²) in [6.07, 6.45) is 4.79. The van der Waals surface area contributed by atoms with Gasteiger partial charge in [-0.25, -0.2) is 13.2 Å². The van der Waals surface area contributed by atoms with E-state index >= 15 is 0 Å². The van der Waals surface area contributed by atoms with Crippen molar-refractivity contribution in [3.05, 3.63) is 123 Å². The van der Waals surface area contributed by atoms with Gasteiger partial charge in [0, 0.05) is 37.1 Å². The van der Waals surface area contributed by atoms with E-state index in [1.54, 1.807) is 81.6 Å². The Morgan fingerprint density at radius 3 is 2.08 bits per heavy atom. The zero-order chi connectivity index (χ0) is 36.3. The van der Waals surface area contributed by atoms with E-state index in [9.17, 15) is 18.0 Å². The van der Waals surface area contributed by atoms with Crippen molar-refractivity contribution in [3.8, 4) is 11.6 Å². The van der Waals surface area contributed by atoms with Crippen molar-refractivity contribution in [1.29, 1.82) is 0 Å². The summed E-state index contributed by atoms with van der Waals surface area (Å²) in [6, 6.07) is 16.7. The number of H-pyrrole nitrogens is 1. The van der Waals surface area contributed by atoms with Gasteiger partial charge >= 0.3 is 5.97 Å². The van der Waals surface area contributed by atoms with Gasteiger partial charge in [-0.15, -0.1) is 0 Å². The van der Waals surface area contributed by atoms with Crippen LogP contribution in [-0.4, -0.2) is 58.2 Å². The highest BCUT2D eigenvalue weighted by Gasteiger charge is 2.39. The van der Waals surface area contributed by atoms with Crippen LogP contribution in [-0.2, 0) is 25.7 Å². The normalized spacial score (nSPS) is 15.2. The Morgan fingerprint density at radius 1 is 0.918 bits per heavy atom. The lowest BCUT2D eigenvalue weighted by Crippen LogP contribution is -2.39. The summed E-state index contributed by atoms with van der Waals surface area (Å²) in [5, 5.41) is -1.22. The maximum Gasteiger partial charge on any atom is 0.338 e. The number of aromatic amines is 1. The molecule has 2 aromatic carbocycles. The standard InChI is InChI=1S/C39H49NO8S/c1-10-26(3)35(45-7)27(4)24-28(5)37(49(43,44)31-19-15-12-16-20-31)33(48-39(42)30-17-13-11-14-18-30)23-25(2)21-22-32-29(6)34(41)36(46-8)38(40-32)47-9/h10-21,24,27,33,35,37H,22-23H2,1-9H3,(H,40,41)/b25-21+,26-10+,28-24+/t27-,33?,35+,37?/m1/s1. The Labute approximate surface area is 290 Å². The van der Waals surface area contributed by atoms with Gasteiger partial charge in [-0.1, -0.05) is 72.7 Å². The number of pyridine rings is 1. The van der Waals surface area contributed by atoms with Gasteiger partial charge in [0.15, 0.2) is 9.84 Å². The van der Waals surface area contributed by atoms with Crippen LogP contribution in [0.15, 0.2) is 105 Å². The number of aromatic nitrogens is 1. The van der Waals surface area contributed by atoms with E-state index < -0.39 is 27.2 Å². The molecule has 0 aliphatic carbocycles. The first-order valence-electron chi connectivity index (χ1n) is 16.2. The predicted octanol–water partition coefficient (Wildman–Crippen LogP) is 7.21. The quantitative estimate of drug-likeness (QED) is 0.124. The molecule has 2 unspecified atom stereocenters. The SMILES string of the molecule is C/C=C(\C)[C@H](OC)[C@H](C)/C=C(\C)C(C(C/C(C)=C/Cc1[nH]c(OC)c(OC)c(=O)c1C)OC(=O)c1ccccc1)S(=O)(=O)c1ccccc1. The number of allylic oxidation sites excluding steroid dienone is 2. The molecule has 3 aromatic rings. The summed E-state index contributed by atoms with van der Waals surface area (Å²) in [7, 11) is 0.394. The van der Waals surface area contributed by atoms with E-state index in [1.807, 2.05) is 45.9 Å². The van der Waals surface area contributed by atoms with Gasteiger partial charge in [0.1, 0.15) is 11.4 Å². The minimum Gasteiger partial charge on any atom is -0.488 e. The summed E-state index contributed by atoms with van der Waals surface area (Å²) in [6.45, 7) is 11.2. The van der Waals surface area contributed by atoms with Crippen molar-refractivity contribution < 1.29 is 32.2 Å². The highest BCUT2D eigenvalue weighted by molar-refractivity contribution is 7.92. The molecule has 0 bridgehead atoms. The van der Waals surface area contributed by atoms with E-state index in [4.69, 9.17) is 18.9 Å². The molecule has 0 aliphatic heterocycles. The second kappa shape index (κ2) is 17.8. The Hall–Kier alpha value is -4.41. The van der Waals surface area contributed by atoms with Gasteiger partial charge < -0.3 is 23.9 Å². The molecule has 1 N–H and O–H groups in total. The van der Waals surface area contributed by atoms with Crippen LogP contribution in [0.25, 0.3) is 0 Å².